The number of rotatable bonds is 5. The lowest BCUT2D eigenvalue weighted by molar-refractivity contribution is -0.0273. The molecule has 35 heavy (non-hydrogen) atoms. The van der Waals surface area contributed by atoms with Crippen molar-refractivity contribution < 1.29 is 19.4 Å². The molecule has 4 rings (SSSR count). The molecule has 2 aliphatic rings. The highest BCUT2D eigenvalue weighted by atomic mass is 16.6. The van der Waals surface area contributed by atoms with Crippen LogP contribution in [-0.4, -0.2) is 61.6 Å². The smallest absolute Gasteiger partial charge is 0.410 e. The number of aliphatic hydroxyl groups is 1. The molecule has 1 saturated carbocycles. The van der Waals surface area contributed by atoms with Crippen LogP contribution in [0.15, 0.2) is 24.3 Å². The maximum Gasteiger partial charge on any atom is 0.410 e. The summed E-state index contributed by atoms with van der Waals surface area (Å²) in [5.41, 5.74) is -0.0685. The molecular formula is C27H40N4O4. The zero-order valence-corrected chi connectivity index (χ0v) is 21.7. The number of benzene rings is 1. The maximum atomic E-state index is 13.3. The van der Waals surface area contributed by atoms with Crippen molar-refractivity contribution in [2.75, 3.05) is 6.54 Å². The van der Waals surface area contributed by atoms with Crippen LogP contribution in [0.25, 0.3) is 10.9 Å². The molecule has 1 aliphatic heterocycles. The summed E-state index contributed by atoms with van der Waals surface area (Å²) >= 11 is 0. The lowest BCUT2D eigenvalue weighted by atomic mass is 9.80. The van der Waals surface area contributed by atoms with Crippen molar-refractivity contribution in [3.05, 3.63) is 30.0 Å². The van der Waals surface area contributed by atoms with Crippen LogP contribution in [-0.2, 0) is 4.74 Å². The van der Waals surface area contributed by atoms with E-state index in [-0.39, 0.29) is 24.0 Å². The van der Waals surface area contributed by atoms with Crippen LogP contribution in [0.1, 0.15) is 96.1 Å². The minimum atomic E-state index is -0.770. The lowest BCUT2D eigenvalue weighted by Crippen LogP contribution is -2.45. The molecule has 2 N–H and O–H groups in total. The Balaban J connectivity index is 1.53. The van der Waals surface area contributed by atoms with E-state index in [1.54, 1.807) is 4.90 Å². The number of amides is 2. The number of carbonyl (C=O) groups is 2. The number of aromatic nitrogens is 2. The number of para-hydroxylation sites is 1. The molecule has 1 aromatic heterocycles. The number of carbonyl (C=O) groups excluding carboxylic acids is 2. The van der Waals surface area contributed by atoms with Crippen LogP contribution in [0.3, 0.4) is 0 Å². The van der Waals surface area contributed by atoms with Crippen LogP contribution in [0.5, 0.6) is 0 Å². The molecule has 1 aromatic carbocycles. The summed E-state index contributed by atoms with van der Waals surface area (Å²) in [6.07, 6.45) is 5.33. The van der Waals surface area contributed by atoms with Gasteiger partial charge in [0.2, 0.25) is 0 Å². The minimum absolute atomic E-state index is 0.121. The monoisotopic (exact) mass is 484 g/mol. The first-order valence-electron chi connectivity index (χ1n) is 13.0. The summed E-state index contributed by atoms with van der Waals surface area (Å²) in [6.45, 7) is 9.97. The van der Waals surface area contributed by atoms with Crippen LogP contribution in [0.4, 0.5) is 4.79 Å². The first-order chi connectivity index (χ1) is 16.5. The minimum Gasteiger partial charge on any atom is -0.444 e. The van der Waals surface area contributed by atoms with E-state index < -0.39 is 17.3 Å². The number of hydrogen-bond donors (Lipinski definition) is 2. The van der Waals surface area contributed by atoms with E-state index in [1.165, 1.54) is 0 Å². The Morgan fingerprint density at radius 2 is 1.89 bits per heavy atom. The Morgan fingerprint density at radius 1 is 1.20 bits per heavy atom. The zero-order valence-electron chi connectivity index (χ0n) is 21.7. The molecule has 0 radical (unpaired) electrons. The molecule has 2 aromatic rings. The van der Waals surface area contributed by atoms with Gasteiger partial charge in [-0.05, 0) is 66.4 Å². The average molecular weight is 485 g/mol. The molecule has 2 heterocycles. The second-order valence-electron chi connectivity index (χ2n) is 11.6. The predicted octanol–water partition coefficient (Wildman–Crippen LogP) is 4.81. The van der Waals surface area contributed by atoms with Crippen LogP contribution in [0.2, 0.25) is 0 Å². The van der Waals surface area contributed by atoms with E-state index in [4.69, 9.17) is 4.74 Å². The van der Waals surface area contributed by atoms with Gasteiger partial charge in [0.1, 0.15) is 5.60 Å². The maximum absolute atomic E-state index is 13.3. The van der Waals surface area contributed by atoms with E-state index in [0.29, 0.717) is 25.1 Å². The number of nitrogens with one attached hydrogen (secondary N) is 1. The first kappa shape index (κ1) is 25.5. The summed E-state index contributed by atoms with van der Waals surface area (Å²) in [7, 11) is 0. The van der Waals surface area contributed by atoms with Crippen LogP contribution >= 0.6 is 0 Å². The van der Waals surface area contributed by atoms with Crippen molar-refractivity contribution in [1.82, 2.24) is 20.0 Å². The summed E-state index contributed by atoms with van der Waals surface area (Å²) < 4.78 is 7.54. The van der Waals surface area contributed by atoms with E-state index >= 15 is 0 Å². The van der Waals surface area contributed by atoms with E-state index in [0.717, 1.165) is 43.0 Å². The second-order valence-corrected chi connectivity index (χ2v) is 11.6. The third-order valence-corrected chi connectivity index (χ3v) is 7.10. The van der Waals surface area contributed by atoms with Gasteiger partial charge >= 0.3 is 6.09 Å². The molecule has 8 nitrogen and oxygen atoms in total. The quantitative estimate of drug-likeness (QED) is 0.635. The highest BCUT2D eigenvalue weighted by Crippen LogP contribution is 2.36. The van der Waals surface area contributed by atoms with Gasteiger partial charge < -0.3 is 20.1 Å². The third-order valence-electron chi connectivity index (χ3n) is 7.10. The van der Waals surface area contributed by atoms with Gasteiger partial charge in [-0.1, -0.05) is 37.5 Å². The molecule has 1 saturated heterocycles. The Kier molecular flexibility index (Phi) is 7.13. The number of ether oxygens (including phenoxy) is 1. The van der Waals surface area contributed by atoms with Crippen molar-refractivity contribution >= 4 is 22.9 Å². The number of fused-ring (bicyclic) bond motifs is 1. The van der Waals surface area contributed by atoms with Gasteiger partial charge in [0, 0.05) is 30.1 Å². The SMILES string of the molecule is CC(C)n1nc(C(=O)N[C@H]2C[C@@H](CC3(O)CCCCC3)N(C(=O)OC(C)(C)C)C2)c2ccccc21. The topological polar surface area (TPSA) is 96.7 Å². The molecule has 192 valence electrons. The van der Waals surface area contributed by atoms with Crippen molar-refractivity contribution in [2.24, 2.45) is 0 Å². The summed E-state index contributed by atoms with van der Waals surface area (Å²) in [6, 6.07) is 7.43. The van der Waals surface area contributed by atoms with E-state index in [9.17, 15) is 14.7 Å². The fraction of sp³-hybridized carbons (Fsp3) is 0.667. The van der Waals surface area contributed by atoms with Crippen molar-refractivity contribution in [2.45, 2.75) is 109 Å². The molecule has 0 spiro atoms. The highest BCUT2D eigenvalue weighted by molar-refractivity contribution is 6.05. The Hall–Kier alpha value is -2.61. The van der Waals surface area contributed by atoms with Gasteiger partial charge in [-0.2, -0.15) is 5.10 Å². The summed E-state index contributed by atoms with van der Waals surface area (Å²) in [4.78, 5) is 28.1. The third kappa shape index (κ3) is 5.80. The van der Waals surface area contributed by atoms with Gasteiger partial charge in [0.15, 0.2) is 5.69 Å². The first-order valence-corrected chi connectivity index (χ1v) is 13.0. The molecule has 2 fully saturated rings. The Bertz CT molecular complexity index is 1060. The molecule has 2 atom stereocenters. The lowest BCUT2D eigenvalue weighted by Gasteiger charge is -2.37. The van der Waals surface area contributed by atoms with Crippen molar-refractivity contribution in [3.63, 3.8) is 0 Å². The second kappa shape index (κ2) is 9.80. The van der Waals surface area contributed by atoms with Gasteiger partial charge in [-0.3, -0.25) is 9.48 Å². The van der Waals surface area contributed by atoms with E-state index in [2.05, 4.69) is 10.4 Å². The zero-order chi connectivity index (χ0) is 25.4. The summed E-state index contributed by atoms with van der Waals surface area (Å²) in [5.74, 6) is -0.244. The fourth-order valence-electron chi connectivity index (χ4n) is 5.52. The molecule has 1 aliphatic carbocycles. The largest absolute Gasteiger partial charge is 0.444 e. The molecule has 2 amide bonds. The highest BCUT2D eigenvalue weighted by Gasteiger charge is 2.43. The van der Waals surface area contributed by atoms with E-state index in [1.807, 2.05) is 63.6 Å². The van der Waals surface area contributed by atoms with Crippen molar-refractivity contribution in [1.29, 1.82) is 0 Å². The fourth-order valence-corrected chi connectivity index (χ4v) is 5.52. The standard InChI is InChI=1S/C27H40N4O4/c1-18(2)31-22-12-8-7-11-21(22)23(29-31)24(32)28-19-15-20(16-27(34)13-9-6-10-14-27)30(17-19)25(33)35-26(3,4)5/h7-8,11-12,18-20,34H,6,9-10,13-17H2,1-5H3,(H,28,32)/t19-,20-/m0/s1. The van der Waals surface area contributed by atoms with Gasteiger partial charge in [-0.15, -0.1) is 0 Å². The molecule has 0 unspecified atom stereocenters. The normalized spacial score (nSPS) is 22.5. The molecule has 0 bridgehead atoms. The Morgan fingerprint density at radius 3 is 2.54 bits per heavy atom. The summed E-state index contributed by atoms with van der Waals surface area (Å²) in [5, 5.41) is 19.8. The van der Waals surface area contributed by atoms with Gasteiger partial charge in [-0.25, -0.2) is 4.79 Å². The molecule has 8 heteroatoms. The Labute approximate surface area is 208 Å². The number of nitrogens with zero attached hydrogens (tertiary/aromatic N) is 3. The van der Waals surface area contributed by atoms with Crippen LogP contribution < -0.4 is 5.32 Å². The number of hydrogen-bond acceptors (Lipinski definition) is 5. The van der Waals surface area contributed by atoms with Crippen LogP contribution in [0, 0.1) is 0 Å². The van der Waals surface area contributed by atoms with Gasteiger partial charge in [0.05, 0.1) is 11.1 Å². The van der Waals surface area contributed by atoms with Crippen molar-refractivity contribution in [3.8, 4) is 0 Å². The van der Waals surface area contributed by atoms with Gasteiger partial charge in [0.25, 0.3) is 5.91 Å². The number of likely N-dealkylation sites (tertiary alicyclic amines) is 1. The molecular weight excluding hydrogens is 444 g/mol. The average Bonchev–Trinajstić information content (AvgIpc) is 3.34. The predicted molar refractivity (Wildman–Crippen MR) is 135 cm³/mol.